The second kappa shape index (κ2) is 13.9. The molecule has 0 saturated carbocycles. The zero-order valence-electron chi connectivity index (χ0n) is 22.1. The van der Waals surface area contributed by atoms with Crippen molar-refractivity contribution in [2.45, 2.75) is 12.8 Å². The van der Waals surface area contributed by atoms with Crippen LogP contribution in [0.25, 0.3) is 0 Å². The Balaban J connectivity index is 1.67. The van der Waals surface area contributed by atoms with Gasteiger partial charge < -0.3 is 14.8 Å². The van der Waals surface area contributed by atoms with Crippen molar-refractivity contribution in [2.75, 3.05) is 31.0 Å². The molecule has 1 aliphatic heterocycles. The zero-order chi connectivity index (χ0) is 28.5. The summed E-state index contributed by atoms with van der Waals surface area (Å²) >= 11 is 7.77. The number of hydrogen-bond donors (Lipinski definition) is 1. The van der Waals surface area contributed by atoms with E-state index in [0.29, 0.717) is 21.3 Å². The van der Waals surface area contributed by atoms with Crippen LogP contribution in [0.1, 0.15) is 18.4 Å². The third-order valence-electron chi connectivity index (χ3n) is 6.22. The van der Waals surface area contributed by atoms with Gasteiger partial charge in [0.25, 0.3) is 0 Å². The summed E-state index contributed by atoms with van der Waals surface area (Å²) in [5.41, 5.74) is 3.14. The summed E-state index contributed by atoms with van der Waals surface area (Å²) in [6.07, 6.45) is 0. The Kier molecular flexibility index (Phi) is 10.0. The van der Waals surface area contributed by atoms with Crippen LogP contribution in [0.4, 0.5) is 11.4 Å². The topological polar surface area (TPSA) is 91.7 Å². The van der Waals surface area contributed by atoms with Gasteiger partial charge in [-0.3, -0.25) is 9.69 Å². The molecule has 1 N–H and O–H groups in total. The lowest BCUT2D eigenvalue weighted by molar-refractivity contribution is -0.140. The number of amides is 1. The number of anilines is 2. The minimum Gasteiger partial charge on any atom is -0.460 e. The smallest absolute Gasteiger partial charge is 0.336 e. The van der Waals surface area contributed by atoms with Gasteiger partial charge in [0.05, 0.1) is 40.5 Å². The highest BCUT2D eigenvalue weighted by atomic mass is 35.5. The van der Waals surface area contributed by atoms with Crippen LogP contribution in [-0.4, -0.2) is 38.0 Å². The number of benzene rings is 3. The van der Waals surface area contributed by atoms with Gasteiger partial charge in [-0.1, -0.05) is 78.0 Å². The average molecular weight is 574 g/mol. The number of thioether (sulfide) groups is 1. The molecule has 40 heavy (non-hydrogen) atoms. The number of rotatable bonds is 10. The van der Waals surface area contributed by atoms with Gasteiger partial charge in [0.1, 0.15) is 6.61 Å². The lowest BCUT2D eigenvalue weighted by Gasteiger charge is -2.30. The summed E-state index contributed by atoms with van der Waals surface area (Å²) in [6, 6.07) is 28.1. The molecular weight excluding hydrogens is 546 g/mol. The van der Waals surface area contributed by atoms with E-state index in [1.165, 1.54) is 18.9 Å². The van der Waals surface area contributed by atoms with E-state index >= 15 is 0 Å². The number of nitrogens with one attached hydrogen (secondary N) is 1. The number of halogens is 1. The second-order valence-corrected chi connectivity index (χ2v) is 10.2. The highest BCUT2D eigenvalue weighted by Crippen LogP contribution is 2.43. The SMILES string of the molecule is COCCOC(=O)C1=C(C)NC(SCC(=O)N(c2ccccc2)c2ccccc2)=C(C#N)[C@@H]1c1ccccc1Cl. The van der Waals surface area contributed by atoms with Gasteiger partial charge in [0.15, 0.2) is 0 Å². The molecule has 0 aromatic heterocycles. The van der Waals surface area contributed by atoms with Gasteiger partial charge in [-0.2, -0.15) is 5.26 Å². The summed E-state index contributed by atoms with van der Waals surface area (Å²) in [5, 5.41) is 14.4. The van der Waals surface area contributed by atoms with Gasteiger partial charge in [-0.05, 0) is 42.8 Å². The largest absolute Gasteiger partial charge is 0.460 e. The zero-order valence-corrected chi connectivity index (χ0v) is 23.7. The summed E-state index contributed by atoms with van der Waals surface area (Å²) in [5.74, 6) is -1.48. The minimum absolute atomic E-state index is 0.0352. The molecule has 4 rings (SSSR count). The molecule has 0 bridgehead atoms. The van der Waals surface area contributed by atoms with E-state index in [9.17, 15) is 14.9 Å². The van der Waals surface area contributed by atoms with E-state index in [2.05, 4.69) is 11.4 Å². The van der Waals surface area contributed by atoms with Crippen molar-refractivity contribution in [3.05, 3.63) is 117 Å². The van der Waals surface area contributed by atoms with Crippen LogP contribution in [0, 0.1) is 11.3 Å². The summed E-state index contributed by atoms with van der Waals surface area (Å²) in [7, 11) is 1.52. The molecule has 0 spiro atoms. The van der Waals surface area contributed by atoms with E-state index in [1.807, 2.05) is 60.7 Å². The molecule has 0 saturated heterocycles. The monoisotopic (exact) mass is 573 g/mol. The first-order chi connectivity index (χ1) is 19.5. The fraction of sp³-hybridized carbons (Fsp3) is 0.194. The minimum atomic E-state index is -0.771. The van der Waals surface area contributed by atoms with E-state index in [-0.39, 0.29) is 36.0 Å². The van der Waals surface area contributed by atoms with E-state index in [1.54, 1.807) is 36.1 Å². The summed E-state index contributed by atoms with van der Waals surface area (Å²) in [4.78, 5) is 28.5. The number of para-hydroxylation sites is 2. The van der Waals surface area contributed by atoms with Crippen molar-refractivity contribution in [1.29, 1.82) is 5.26 Å². The second-order valence-electron chi connectivity index (χ2n) is 8.79. The van der Waals surface area contributed by atoms with Crippen LogP contribution in [0.2, 0.25) is 5.02 Å². The molecule has 0 fully saturated rings. The number of carbonyl (C=O) groups excluding carboxylic acids is 2. The molecular formula is C31H28ClN3O4S. The summed E-state index contributed by atoms with van der Waals surface area (Å²) in [6.45, 7) is 2.05. The molecule has 204 valence electrons. The van der Waals surface area contributed by atoms with Crippen LogP contribution < -0.4 is 10.2 Å². The van der Waals surface area contributed by atoms with E-state index < -0.39 is 11.9 Å². The number of hydrogen-bond acceptors (Lipinski definition) is 7. The maximum absolute atomic E-state index is 13.6. The van der Waals surface area contributed by atoms with Crippen molar-refractivity contribution >= 4 is 46.6 Å². The fourth-order valence-electron chi connectivity index (χ4n) is 4.40. The first kappa shape index (κ1) is 29.0. The van der Waals surface area contributed by atoms with Crippen molar-refractivity contribution < 1.29 is 19.1 Å². The molecule has 7 nitrogen and oxygen atoms in total. The molecule has 0 radical (unpaired) electrons. The molecule has 1 atom stereocenters. The Bertz CT molecular complexity index is 1430. The quantitative estimate of drug-likeness (QED) is 0.224. The third kappa shape index (κ3) is 6.57. The number of nitriles is 1. The molecule has 3 aromatic rings. The van der Waals surface area contributed by atoms with Gasteiger partial charge >= 0.3 is 5.97 Å². The maximum Gasteiger partial charge on any atom is 0.336 e. The van der Waals surface area contributed by atoms with Crippen molar-refractivity contribution in [1.82, 2.24) is 5.32 Å². The molecule has 0 aliphatic carbocycles. The fourth-order valence-corrected chi connectivity index (χ4v) is 5.59. The Morgan fingerprint density at radius 2 is 1.57 bits per heavy atom. The number of ether oxygens (including phenoxy) is 2. The first-order valence-corrected chi connectivity index (χ1v) is 13.9. The summed E-state index contributed by atoms with van der Waals surface area (Å²) < 4.78 is 10.4. The average Bonchev–Trinajstić information content (AvgIpc) is 2.97. The number of methoxy groups -OCH3 is 1. The molecule has 1 amide bonds. The van der Waals surface area contributed by atoms with Crippen molar-refractivity contribution in [3.8, 4) is 6.07 Å². The van der Waals surface area contributed by atoms with Gasteiger partial charge in [0, 0.05) is 29.2 Å². The van der Waals surface area contributed by atoms with E-state index in [0.717, 1.165) is 11.4 Å². The van der Waals surface area contributed by atoms with Crippen molar-refractivity contribution in [3.63, 3.8) is 0 Å². The number of dihydropyridines is 1. The van der Waals surface area contributed by atoms with Crippen LogP contribution in [0.3, 0.4) is 0 Å². The number of nitrogens with zero attached hydrogens (tertiary/aromatic N) is 2. The standard InChI is InChI=1S/C31H28ClN3O4S/c1-21-28(31(37)39-18-17-38-2)29(24-15-9-10-16-26(24)32)25(19-33)30(34-21)40-20-27(36)35(22-11-5-3-6-12-22)23-13-7-4-8-14-23/h3-16,29,34H,17-18,20H2,1-2H3/t29-/m0/s1. The molecule has 1 heterocycles. The first-order valence-electron chi connectivity index (χ1n) is 12.5. The normalized spacial score (nSPS) is 14.8. The van der Waals surface area contributed by atoms with Crippen LogP contribution in [-0.2, 0) is 19.1 Å². The Hall–Kier alpha value is -4.03. The lowest BCUT2D eigenvalue weighted by Crippen LogP contribution is -2.31. The lowest BCUT2D eigenvalue weighted by atomic mass is 9.82. The molecule has 3 aromatic carbocycles. The Morgan fingerprint density at radius 3 is 2.15 bits per heavy atom. The Labute approximate surface area is 243 Å². The maximum atomic E-state index is 13.6. The van der Waals surface area contributed by atoms with Crippen molar-refractivity contribution in [2.24, 2.45) is 0 Å². The van der Waals surface area contributed by atoms with Crippen LogP contribution in [0.15, 0.2) is 107 Å². The highest BCUT2D eigenvalue weighted by molar-refractivity contribution is 8.03. The highest BCUT2D eigenvalue weighted by Gasteiger charge is 2.37. The number of carbonyl (C=O) groups is 2. The van der Waals surface area contributed by atoms with Crippen LogP contribution >= 0.6 is 23.4 Å². The van der Waals surface area contributed by atoms with Gasteiger partial charge in [-0.25, -0.2) is 4.79 Å². The van der Waals surface area contributed by atoms with Gasteiger partial charge in [0.2, 0.25) is 5.91 Å². The Morgan fingerprint density at radius 1 is 0.975 bits per heavy atom. The third-order valence-corrected chi connectivity index (χ3v) is 7.57. The van der Waals surface area contributed by atoms with Crippen LogP contribution in [0.5, 0.6) is 0 Å². The molecule has 9 heteroatoms. The molecule has 1 aliphatic rings. The van der Waals surface area contributed by atoms with Gasteiger partial charge in [-0.15, -0.1) is 0 Å². The molecule has 0 unspecified atom stereocenters. The van der Waals surface area contributed by atoms with E-state index in [4.69, 9.17) is 21.1 Å². The predicted molar refractivity (Wildman–Crippen MR) is 158 cm³/mol. The predicted octanol–water partition coefficient (Wildman–Crippen LogP) is 6.32. The number of esters is 1. The number of allylic oxidation sites excluding steroid dienone is 2.